The van der Waals surface area contributed by atoms with Crippen LogP contribution in [0.4, 0.5) is 5.69 Å². The van der Waals surface area contributed by atoms with E-state index in [1.54, 1.807) is 31.5 Å². The summed E-state index contributed by atoms with van der Waals surface area (Å²) in [6.07, 6.45) is 3.63. The van der Waals surface area contributed by atoms with Crippen LogP contribution in [0, 0.1) is 0 Å². The van der Waals surface area contributed by atoms with Crippen molar-refractivity contribution in [2.24, 2.45) is 0 Å². The lowest BCUT2D eigenvalue weighted by Gasteiger charge is -2.14. The van der Waals surface area contributed by atoms with Gasteiger partial charge in [-0.15, -0.1) is 0 Å². The molecule has 7 heteroatoms. The molecule has 0 radical (unpaired) electrons. The van der Waals surface area contributed by atoms with Crippen LogP contribution >= 0.6 is 23.4 Å². The van der Waals surface area contributed by atoms with Gasteiger partial charge in [-0.1, -0.05) is 23.4 Å². The topological polar surface area (TPSA) is 56.2 Å². The zero-order chi connectivity index (χ0) is 16.1. The fraction of sp³-hybridized carbons (Fsp3) is 0.333. The maximum absolute atomic E-state index is 12.4. The summed E-state index contributed by atoms with van der Waals surface area (Å²) in [6, 6.07) is 5.11. The molecular weight excluding hydrogens is 322 g/mol. The minimum atomic E-state index is -0.295. The van der Waals surface area contributed by atoms with Crippen molar-refractivity contribution < 1.29 is 9.53 Å². The Morgan fingerprint density at radius 1 is 1.55 bits per heavy atom. The van der Waals surface area contributed by atoms with Crippen LogP contribution in [0.25, 0.3) is 0 Å². The van der Waals surface area contributed by atoms with Crippen LogP contribution in [0.5, 0.6) is 5.75 Å². The molecule has 1 aromatic heterocycles. The largest absolute Gasteiger partial charge is 0.495 e. The number of nitrogens with zero attached hydrogens (tertiary/aromatic N) is 2. The summed E-state index contributed by atoms with van der Waals surface area (Å²) in [5, 5.41) is 3.91. The Labute approximate surface area is 139 Å². The van der Waals surface area contributed by atoms with E-state index in [1.165, 1.54) is 11.8 Å². The molecule has 0 bridgehead atoms. The molecule has 0 saturated carbocycles. The number of methoxy groups -OCH3 is 1. The molecule has 0 aliphatic carbocycles. The van der Waals surface area contributed by atoms with Gasteiger partial charge in [-0.05, 0) is 32.0 Å². The van der Waals surface area contributed by atoms with Crippen molar-refractivity contribution in [3.8, 4) is 5.75 Å². The molecule has 2 rings (SSSR count). The molecule has 5 nitrogen and oxygen atoms in total. The van der Waals surface area contributed by atoms with E-state index in [2.05, 4.69) is 10.3 Å². The second kappa shape index (κ2) is 7.56. The monoisotopic (exact) mass is 339 g/mol. The van der Waals surface area contributed by atoms with Gasteiger partial charge in [0.2, 0.25) is 5.91 Å². The van der Waals surface area contributed by atoms with Crippen molar-refractivity contribution in [1.82, 2.24) is 9.55 Å². The summed E-state index contributed by atoms with van der Waals surface area (Å²) in [7, 11) is 1.55. The number of ether oxygens (including phenoxy) is 1. The van der Waals surface area contributed by atoms with Gasteiger partial charge < -0.3 is 14.6 Å². The van der Waals surface area contributed by atoms with Crippen molar-refractivity contribution >= 4 is 35.0 Å². The number of imidazole rings is 1. The average Bonchev–Trinajstić information content (AvgIpc) is 2.94. The molecule has 22 heavy (non-hydrogen) atoms. The van der Waals surface area contributed by atoms with Crippen LogP contribution < -0.4 is 10.1 Å². The van der Waals surface area contributed by atoms with E-state index in [0.717, 1.165) is 11.7 Å². The number of hydrogen-bond donors (Lipinski definition) is 1. The Kier molecular flexibility index (Phi) is 5.74. The number of rotatable bonds is 6. The molecule has 1 unspecified atom stereocenters. The van der Waals surface area contributed by atoms with E-state index in [-0.39, 0.29) is 11.2 Å². The Hall–Kier alpha value is -1.66. The highest BCUT2D eigenvalue weighted by Gasteiger charge is 2.18. The fourth-order valence-corrected chi connectivity index (χ4v) is 2.98. The van der Waals surface area contributed by atoms with E-state index >= 15 is 0 Å². The number of benzene rings is 1. The Morgan fingerprint density at radius 2 is 2.32 bits per heavy atom. The third-order valence-corrected chi connectivity index (χ3v) is 4.44. The third kappa shape index (κ3) is 3.96. The molecule has 0 saturated heterocycles. The van der Waals surface area contributed by atoms with Gasteiger partial charge in [-0.25, -0.2) is 4.98 Å². The third-order valence-electron chi connectivity index (χ3n) is 3.09. The number of carbonyl (C=O) groups is 1. The molecular formula is C15H18ClN3O2S. The standard InChI is InChI=1S/C15H18ClN3O2S/c1-4-19-8-7-17-15(19)22-10(2)14(20)18-12-9-11(16)5-6-13(12)21-3/h5-10H,4H2,1-3H3,(H,18,20). The van der Waals surface area contributed by atoms with Crippen LogP contribution in [0.15, 0.2) is 35.7 Å². The highest BCUT2D eigenvalue weighted by atomic mass is 35.5. The van der Waals surface area contributed by atoms with Crippen molar-refractivity contribution in [3.63, 3.8) is 0 Å². The summed E-state index contributed by atoms with van der Waals surface area (Å²) in [5.41, 5.74) is 0.561. The average molecular weight is 340 g/mol. The number of nitrogens with one attached hydrogen (secondary N) is 1. The minimum absolute atomic E-state index is 0.129. The normalized spacial score (nSPS) is 12.0. The van der Waals surface area contributed by atoms with Crippen molar-refractivity contribution in [2.45, 2.75) is 30.8 Å². The van der Waals surface area contributed by atoms with Crippen molar-refractivity contribution in [1.29, 1.82) is 0 Å². The zero-order valence-electron chi connectivity index (χ0n) is 12.7. The zero-order valence-corrected chi connectivity index (χ0v) is 14.2. The first-order chi connectivity index (χ1) is 10.5. The lowest BCUT2D eigenvalue weighted by molar-refractivity contribution is -0.115. The molecule has 1 amide bonds. The summed E-state index contributed by atoms with van der Waals surface area (Å²) >= 11 is 7.38. The van der Waals surface area contributed by atoms with E-state index < -0.39 is 0 Å². The number of thioether (sulfide) groups is 1. The van der Waals surface area contributed by atoms with Crippen LogP contribution in [-0.4, -0.2) is 27.8 Å². The van der Waals surface area contributed by atoms with Crippen LogP contribution in [0.1, 0.15) is 13.8 Å². The SMILES string of the molecule is CCn1ccnc1SC(C)C(=O)Nc1cc(Cl)ccc1OC. The lowest BCUT2D eigenvalue weighted by Crippen LogP contribution is -2.23. The van der Waals surface area contributed by atoms with E-state index in [0.29, 0.717) is 16.5 Å². The first-order valence-corrected chi connectivity index (χ1v) is 8.13. The van der Waals surface area contributed by atoms with Gasteiger partial charge in [-0.3, -0.25) is 4.79 Å². The lowest BCUT2D eigenvalue weighted by atomic mass is 10.3. The van der Waals surface area contributed by atoms with Crippen molar-refractivity contribution in [3.05, 3.63) is 35.6 Å². The number of aromatic nitrogens is 2. The Bertz CT molecular complexity index is 660. The Morgan fingerprint density at radius 3 is 3.00 bits per heavy atom. The second-order valence-corrected chi connectivity index (χ2v) is 6.33. The number of halogens is 1. The van der Waals surface area contributed by atoms with Gasteiger partial charge in [0, 0.05) is 24.0 Å². The Balaban J connectivity index is 2.07. The van der Waals surface area contributed by atoms with Gasteiger partial charge in [0.1, 0.15) is 5.75 Å². The number of carbonyl (C=O) groups excluding carboxylic acids is 1. The smallest absolute Gasteiger partial charge is 0.237 e. The molecule has 0 fully saturated rings. The van der Waals surface area contributed by atoms with Crippen LogP contribution in [0.2, 0.25) is 5.02 Å². The van der Waals surface area contributed by atoms with Gasteiger partial charge in [0.25, 0.3) is 0 Å². The molecule has 2 aromatic rings. The van der Waals surface area contributed by atoms with Gasteiger partial charge in [0.15, 0.2) is 5.16 Å². The molecule has 1 N–H and O–H groups in total. The molecule has 0 spiro atoms. The van der Waals surface area contributed by atoms with Gasteiger partial charge in [0.05, 0.1) is 18.0 Å². The summed E-state index contributed by atoms with van der Waals surface area (Å²) in [6.45, 7) is 4.69. The van der Waals surface area contributed by atoms with Crippen LogP contribution in [0.3, 0.4) is 0 Å². The molecule has 0 aliphatic rings. The fourth-order valence-electron chi connectivity index (χ4n) is 1.88. The van der Waals surface area contributed by atoms with Crippen LogP contribution in [-0.2, 0) is 11.3 Å². The number of aryl methyl sites for hydroxylation is 1. The molecule has 1 atom stereocenters. The van der Waals surface area contributed by atoms with E-state index in [1.807, 2.05) is 24.6 Å². The first-order valence-electron chi connectivity index (χ1n) is 6.87. The molecule has 118 valence electrons. The summed E-state index contributed by atoms with van der Waals surface area (Å²) in [5.74, 6) is 0.446. The number of hydrogen-bond acceptors (Lipinski definition) is 4. The first kappa shape index (κ1) is 16.7. The second-order valence-electron chi connectivity index (χ2n) is 4.59. The van der Waals surface area contributed by atoms with E-state index in [9.17, 15) is 4.79 Å². The summed E-state index contributed by atoms with van der Waals surface area (Å²) < 4.78 is 7.22. The predicted octanol–water partition coefficient (Wildman–Crippen LogP) is 3.68. The van der Waals surface area contributed by atoms with Gasteiger partial charge in [-0.2, -0.15) is 0 Å². The maximum Gasteiger partial charge on any atom is 0.237 e. The highest BCUT2D eigenvalue weighted by Crippen LogP contribution is 2.29. The quantitative estimate of drug-likeness (QED) is 0.815. The van der Waals surface area contributed by atoms with Gasteiger partial charge >= 0.3 is 0 Å². The molecule has 1 heterocycles. The van der Waals surface area contributed by atoms with Crippen molar-refractivity contribution in [2.75, 3.05) is 12.4 Å². The summed E-state index contributed by atoms with van der Waals surface area (Å²) in [4.78, 5) is 16.6. The van der Waals surface area contributed by atoms with E-state index in [4.69, 9.17) is 16.3 Å². The molecule has 1 aromatic carbocycles. The highest BCUT2D eigenvalue weighted by molar-refractivity contribution is 8.00. The number of anilines is 1. The number of amides is 1. The maximum atomic E-state index is 12.4. The minimum Gasteiger partial charge on any atom is -0.495 e. The molecule has 0 aliphatic heterocycles. The predicted molar refractivity (Wildman–Crippen MR) is 89.9 cm³/mol.